The normalized spacial score (nSPS) is 29.3. The van der Waals surface area contributed by atoms with Crippen LogP contribution in [0.5, 0.6) is 5.75 Å². The first kappa shape index (κ1) is 18.7. The van der Waals surface area contributed by atoms with E-state index in [0.717, 1.165) is 40.1 Å². The molecule has 31 heavy (non-hydrogen) atoms. The molecule has 0 aliphatic heterocycles. The van der Waals surface area contributed by atoms with Gasteiger partial charge in [0, 0.05) is 5.56 Å². The Morgan fingerprint density at radius 1 is 1.10 bits per heavy atom. The van der Waals surface area contributed by atoms with Gasteiger partial charge in [0.15, 0.2) is 0 Å². The highest BCUT2D eigenvalue weighted by molar-refractivity contribution is 5.91. The summed E-state index contributed by atoms with van der Waals surface area (Å²) in [6, 6.07) is 16.9. The number of rotatable bonds is 4. The van der Waals surface area contributed by atoms with Crippen LogP contribution in [0.15, 0.2) is 42.5 Å². The van der Waals surface area contributed by atoms with Crippen LogP contribution >= 0.6 is 0 Å². The van der Waals surface area contributed by atoms with E-state index in [1.165, 1.54) is 44.1 Å². The number of hydrogen-bond donors (Lipinski definition) is 1. The van der Waals surface area contributed by atoms with Crippen molar-refractivity contribution in [1.29, 1.82) is 5.26 Å². The summed E-state index contributed by atoms with van der Waals surface area (Å²) >= 11 is 0. The quantitative estimate of drug-likeness (QED) is 0.529. The fraction of sp³-hybridized carbons (Fsp3) is 0.407. The Balaban J connectivity index is 1.42. The molecule has 0 radical (unpaired) electrons. The maximum atomic E-state index is 9.91. The number of nitriles is 1. The minimum Gasteiger partial charge on any atom is -0.496 e. The van der Waals surface area contributed by atoms with Crippen molar-refractivity contribution in [3.8, 4) is 11.8 Å². The number of aromatic amines is 1. The Kier molecular flexibility index (Phi) is 4.21. The van der Waals surface area contributed by atoms with E-state index in [0.29, 0.717) is 16.8 Å². The maximum absolute atomic E-state index is 9.91. The molecule has 3 aromatic rings. The largest absolute Gasteiger partial charge is 0.496 e. The average Bonchev–Trinajstić information content (AvgIpc) is 3.20. The standard InChI is InChI=1S/C27H27N3O/c1-31-25-7-6-22(27-13-17-8-18(14-27)10-19(9-17)15-27)12-20(25)11-21(16-28)26-29-23-4-2-3-5-24(23)30-26/h2-7,11-12,17-19H,8-10,13-15H2,1H3,(H,29,30)/b21-11+. The summed E-state index contributed by atoms with van der Waals surface area (Å²) in [6.45, 7) is 0. The van der Waals surface area contributed by atoms with Crippen molar-refractivity contribution in [3.63, 3.8) is 0 Å². The van der Waals surface area contributed by atoms with Crippen molar-refractivity contribution < 1.29 is 4.74 Å². The van der Waals surface area contributed by atoms with Gasteiger partial charge in [-0.25, -0.2) is 4.98 Å². The molecule has 1 N–H and O–H groups in total. The smallest absolute Gasteiger partial charge is 0.149 e. The lowest BCUT2D eigenvalue weighted by atomic mass is 9.48. The third-order valence-electron chi connectivity index (χ3n) is 7.95. The minimum atomic E-state index is 0.315. The summed E-state index contributed by atoms with van der Waals surface area (Å²) in [5.74, 6) is 4.11. The fourth-order valence-electron chi connectivity index (χ4n) is 7.03. The molecule has 1 aromatic heterocycles. The predicted octanol–water partition coefficient (Wildman–Crippen LogP) is 6.10. The SMILES string of the molecule is COc1ccc(C23CC4CC(CC(C4)C2)C3)cc1/C=C(\C#N)c1nc2ccccc2[nH]1. The number of nitrogens with zero attached hydrogens (tertiary/aromatic N) is 2. The molecule has 0 unspecified atom stereocenters. The van der Waals surface area contributed by atoms with E-state index in [4.69, 9.17) is 4.74 Å². The van der Waals surface area contributed by atoms with Crippen molar-refractivity contribution in [2.75, 3.05) is 7.11 Å². The van der Waals surface area contributed by atoms with Crippen molar-refractivity contribution in [2.45, 2.75) is 43.9 Å². The fourth-order valence-corrected chi connectivity index (χ4v) is 7.03. The molecule has 0 atom stereocenters. The second kappa shape index (κ2) is 6.99. The van der Waals surface area contributed by atoms with Crippen LogP contribution in [0.25, 0.3) is 22.7 Å². The molecular formula is C27H27N3O. The molecule has 4 saturated carbocycles. The highest BCUT2D eigenvalue weighted by atomic mass is 16.5. The monoisotopic (exact) mass is 409 g/mol. The molecule has 4 aliphatic rings. The van der Waals surface area contributed by atoms with E-state index in [1.807, 2.05) is 30.3 Å². The number of benzene rings is 2. The molecule has 0 spiro atoms. The van der Waals surface area contributed by atoms with Crippen molar-refractivity contribution in [1.82, 2.24) is 9.97 Å². The number of fused-ring (bicyclic) bond motifs is 1. The van der Waals surface area contributed by atoms with Gasteiger partial charge in [-0.1, -0.05) is 18.2 Å². The number of allylic oxidation sites excluding steroid dienone is 1. The third kappa shape index (κ3) is 3.07. The van der Waals surface area contributed by atoms with Crippen LogP contribution in [-0.4, -0.2) is 17.1 Å². The van der Waals surface area contributed by atoms with Crippen LogP contribution < -0.4 is 4.74 Å². The van der Waals surface area contributed by atoms with Gasteiger partial charge in [0.25, 0.3) is 0 Å². The van der Waals surface area contributed by atoms with Gasteiger partial charge >= 0.3 is 0 Å². The molecular weight excluding hydrogens is 382 g/mol. The van der Waals surface area contributed by atoms with Gasteiger partial charge in [-0.05, 0) is 97.6 Å². The zero-order valence-corrected chi connectivity index (χ0v) is 17.9. The summed E-state index contributed by atoms with van der Waals surface area (Å²) in [5, 5.41) is 9.91. The van der Waals surface area contributed by atoms with Gasteiger partial charge in [0.2, 0.25) is 0 Å². The highest BCUT2D eigenvalue weighted by Crippen LogP contribution is 2.60. The number of H-pyrrole nitrogens is 1. The topological polar surface area (TPSA) is 61.7 Å². The van der Waals surface area contributed by atoms with Crippen LogP contribution in [0.2, 0.25) is 0 Å². The van der Waals surface area contributed by atoms with E-state index in [2.05, 4.69) is 34.2 Å². The highest BCUT2D eigenvalue weighted by Gasteiger charge is 2.51. The molecule has 156 valence electrons. The van der Waals surface area contributed by atoms with Crippen LogP contribution in [0.4, 0.5) is 0 Å². The Hall–Kier alpha value is -3.06. The van der Waals surface area contributed by atoms with Crippen LogP contribution in [0.1, 0.15) is 55.5 Å². The molecule has 4 heteroatoms. The van der Waals surface area contributed by atoms with E-state index < -0.39 is 0 Å². The predicted molar refractivity (Wildman–Crippen MR) is 122 cm³/mol. The number of ether oxygens (including phenoxy) is 1. The maximum Gasteiger partial charge on any atom is 0.149 e. The first-order chi connectivity index (χ1) is 15.2. The van der Waals surface area contributed by atoms with Gasteiger partial charge in [-0.2, -0.15) is 5.26 Å². The van der Waals surface area contributed by atoms with Crippen molar-refractivity contribution in [2.24, 2.45) is 17.8 Å². The molecule has 4 fully saturated rings. The number of methoxy groups -OCH3 is 1. The summed E-state index contributed by atoms with van der Waals surface area (Å²) < 4.78 is 5.67. The lowest BCUT2D eigenvalue weighted by Crippen LogP contribution is -2.48. The summed E-state index contributed by atoms with van der Waals surface area (Å²) in [4.78, 5) is 7.91. The zero-order chi connectivity index (χ0) is 21.0. The van der Waals surface area contributed by atoms with E-state index in [1.54, 1.807) is 7.11 Å². The van der Waals surface area contributed by atoms with Gasteiger partial charge in [0.1, 0.15) is 17.6 Å². The van der Waals surface area contributed by atoms with E-state index in [9.17, 15) is 5.26 Å². The van der Waals surface area contributed by atoms with Crippen LogP contribution in [0.3, 0.4) is 0 Å². The molecule has 0 saturated heterocycles. The number of para-hydroxylation sites is 2. The molecule has 7 rings (SSSR count). The van der Waals surface area contributed by atoms with E-state index >= 15 is 0 Å². The minimum absolute atomic E-state index is 0.315. The number of aromatic nitrogens is 2. The first-order valence-electron chi connectivity index (χ1n) is 11.4. The number of nitrogens with one attached hydrogen (secondary N) is 1. The Labute approximate surface area is 183 Å². The number of imidazole rings is 1. The van der Waals surface area contributed by atoms with Gasteiger partial charge in [-0.15, -0.1) is 0 Å². The Morgan fingerprint density at radius 2 is 1.81 bits per heavy atom. The second-order valence-electron chi connectivity index (χ2n) is 9.93. The van der Waals surface area contributed by atoms with Gasteiger partial charge in [-0.3, -0.25) is 0 Å². The van der Waals surface area contributed by atoms with E-state index in [-0.39, 0.29) is 0 Å². The van der Waals surface area contributed by atoms with Gasteiger partial charge in [0.05, 0.1) is 23.7 Å². The lowest BCUT2D eigenvalue weighted by Gasteiger charge is -2.57. The van der Waals surface area contributed by atoms with Crippen LogP contribution in [0, 0.1) is 29.1 Å². The second-order valence-corrected chi connectivity index (χ2v) is 9.93. The molecule has 1 heterocycles. The third-order valence-corrected chi connectivity index (χ3v) is 7.95. The summed E-state index contributed by atoms with van der Waals surface area (Å²) in [6.07, 6.45) is 10.2. The van der Waals surface area contributed by atoms with Crippen LogP contribution in [-0.2, 0) is 5.41 Å². The van der Waals surface area contributed by atoms with Crippen molar-refractivity contribution in [3.05, 3.63) is 59.4 Å². The lowest BCUT2D eigenvalue weighted by molar-refractivity contribution is -0.00521. The molecule has 2 aromatic carbocycles. The summed E-state index contributed by atoms with van der Waals surface area (Å²) in [5.41, 5.74) is 5.04. The number of hydrogen-bond acceptors (Lipinski definition) is 3. The molecule has 4 aliphatic carbocycles. The average molecular weight is 410 g/mol. The van der Waals surface area contributed by atoms with Gasteiger partial charge < -0.3 is 9.72 Å². The molecule has 4 nitrogen and oxygen atoms in total. The Morgan fingerprint density at radius 3 is 2.45 bits per heavy atom. The Bertz CT molecular complexity index is 1160. The van der Waals surface area contributed by atoms with Crippen molar-refractivity contribution >= 4 is 22.7 Å². The zero-order valence-electron chi connectivity index (χ0n) is 17.9. The molecule has 0 amide bonds. The summed E-state index contributed by atoms with van der Waals surface area (Å²) in [7, 11) is 1.70. The first-order valence-corrected chi connectivity index (χ1v) is 11.4. The molecule has 4 bridgehead atoms.